The Morgan fingerprint density at radius 3 is 2.74 bits per heavy atom. The van der Waals surface area contributed by atoms with Gasteiger partial charge in [0.15, 0.2) is 6.61 Å². The van der Waals surface area contributed by atoms with Crippen LogP contribution in [0.25, 0.3) is 10.9 Å². The molecule has 1 aliphatic carbocycles. The molecule has 0 spiro atoms. The van der Waals surface area contributed by atoms with Gasteiger partial charge in [0.05, 0.1) is 16.3 Å². The molecular formula is C21H26N2O3S. The Kier molecular flexibility index (Phi) is 6.72. The highest BCUT2D eigenvalue weighted by Crippen LogP contribution is 2.24. The fourth-order valence-electron chi connectivity index (χ4n) is 3.39. The number of carbonyl (C=O) groups is 2. The van der Waals surface area contributed by atoms with E-state index >= 15 is 0 Å². The number of para-hydroxylation sites is 1. The number of pyridine rings is 1. The van der Waals surface area contributed by atoms with Gasteiger partial charge in [0.25, 0.3) is 5.91 Å². The molecule has 1 heterocycles. The molecular weight excluding hydrogens is 360 g/mol. The zero-order valence-electron chi connectivity index (χ0n) is 15.9. The fourth-order valence-corrected chi connectivity index (χ4v) is 4.16. The number of nitrogens with one attached hydrogen (secondary N) is 1. The van der Waals surface area contributed by atoms with Gasteiger partial charge in [-0.25, -0.2) is 4.98 Å². The number of carbonyl (C=O) groups excluding carboxylic acids is 2. The zero-order valence-corrected chi connectivity index (χ0v) is 16.7. The van der Waals surface area contributed by atoms with Gasteiger partial charge < -0.3 is 10.1 Å². The number of hydrogen-bond donors (Lipinski definition) is 1. The molecule has 27 heavy (non-hydrogen) atoms. The molecule has 0 bridgehead atoms. The second-order valence-electron chi connectivity index (χ2n) is 7.27. The number of hydrogen-bond acceptors (Lipinski definition) is 5. The number of thioether (sulfide) groups is 1. The molecule has 1 aromatic carbocycles. The van der Waals surface area contributed by atoms with Crippen molar-refractivity contribution >= 4 is 34.5 Å². The maximum absolute atomic E-state index is 12.0. The smallest absolute Gasteiger partial charge is 0.316 e. The van der Waals surface area contributed by atoms with Crippen LogP contribution in [0.15, 0.2) is 35.4 Å². The molecule has 1 fully saturated rings. The number of benzene rings is 1. The van der Waals surface area contributed by atoms with Gasteiger partial charge in [0, 0.05) is 11.4 Å². The second kappa shape index (κ2) is 9.22. The van der Waals surface area contributed by atoms with Gasteiger partial charge in [-0.05, 0) is 56.2 Å². The van der Waals surface area contributed by atoms with Crippen molar-refractivity contribution in [2.75, 3.05) is 12.4 Å². The van der Waals surface area contributed by atoms with Gasteiger partial charge in [-0.2, -0.15) is 0 Å². The van der Waals surface area contributed by atoms with Crippen molar-refractivity contribution in [2.24, 2.45) is 5.92 Å². The van der Waals surface area contributed by atoms with E-state index in [2.05, 4.69) is 17.2 Å². The summed E-state index contributed by atoms with van der Waals surface area (Å²) in [4.78, 5) is 28.5. The van der Waals surface area contributed by atoms with E-state index in [9.17, 15) is 9.59 Å². The van der Waals surface area contributed by atoms with Gasteiger partial charge >= 0.3 is 5.97 Å². The van der Waals surface area contributed by atoms with Crippen molar-refractivity contribution in [3.05, 3.63) is 35.9 Å². The quantitative estimate of drug-likeness (QED) is 0.603. The first-order valence-corrected chi connectivity index (χ1v) is 10.4. The van der Waals surface area contributed by atoms with Gasteiger partial charge in [-0.15, -0.1) is 0 Å². The molecule has 1 aliphatic rings. The predicted octanol–water partition coefficient (Wildman–Crippen LogP) is 3.87. The summed E-state index contributed by atoms with van der Waals surface area (Å²) in [6, 6.07) is 10.1. The van der Waals surface area contributed by atoms with Crippen molar-refractivity contribution in [1.82, 2.24) is 10.3 Å². The van der Waals surface area contributed by atoms with E-state index < -0.39 is 5.97 Å². The minimum atomic E-state index is -0.403. The number of ether oxygens (including phenoxy) is 1. The average Bonchev–Trinajstić information content (AvgIpc) is 2.66. The van der Waals surface area contributed by atoms with Gasteiger partial charge in [0.2, 0.25) is 0 Å². The van der Waals surface area contributed by atoms with Crippen LogP contribution in [-0.2, 0) is 14.3 Å². The van der Waals surface area contributed by atoms with Crippen molar-refractivity contribution in [1.29, 1.82) is 0 Å². The summed E-state index contributed by atoms with van der Waals surface area (Å²) in [6.07, 6.45) is 4.28. The lowest BCUT2D eigenvalue weighted by molar-refractivity contribution is -0.146. The van der Waals surface area contributed by atoms with Crippen LogP contribution in [0.4, 0.5) is 0 Å². The van der Waals surface area contributed by atoms with Crippen LogP contribution in [0.1, 0.15) is 38.2 Å². The number of fused-ring (bicyclic) bond motifs is 1. The molecule has 0 aliphatic heterocycles. The summed E-state index contributed by atoms with van der Waals surface area (Å²) in [5, 5.41) is 4.85. The number of nitrogens with zero attached hydrogens (tertiary/aromatic N) is 1. The average molecular weight is 387 g/mol. The number of rotatable bonds is 6. The van der Waals surface area contributed by atoms with Crippen LogP contribution in [-0.4, -0.2) is 35.3 Å². The lowest BCUT2D eigenvalue weighted by Crippen LogP contribution is -2.39. The molecule has 1 amide bonds. The van der Waals surface area contributed by atoms with E-state index in [1.165, 1.54) is 11.8 Å². The van der Waals surface area contributed by atoms with E-state index in [-0.39, 0.29) is 24.3 Å². The number of amides is 1. The summed E-state index contributed by atoms with van der Waals surface area (Å²) < 4.78 is 5.11. The molecule has 6 heteroatoms. The molecule has 1 N–H and O–H groups in total. The molecule has 1 aromatic heterocycles. The van der Waals surface area contributed by atoms with Gasteiger partial charge in [-0.3, -0.25) is 9.59 Å². The lowest BCUT2D eigenvalue weighted by atomic mass is 9.87. The Labute approximate surface area is 164 Å². The fraction of sp³-hybridized carbons (Fsp3) is 0.476. The van der Waals surface area contributed by atoms with E-state index in [0.29, 0.717) is 0 Å². The lowest BCUT2D eigenvalue weighted by Gasteiger charge is -2.26. The topological polar surface area (TPSA) is 68.3 Å². The molecule has 5 nitrogen and oxygen atoms in total. The summed E-state index contributed by atoms with van der Waals surface area (Å²) in [5.74, 6) is 0.256. The van der Waals surface area contributed by atoms with Crippen LogP contribution in [0, 0.1) is 12.8 Å². The van der Waals surface area contributed by atoms with E-state index in [1.54, 1.807) is 0 Å². The highest BCUT2D eigenvalue weighted by molar-refractivity contribution is 7.99. The van der Waals surface area contributed by atoms with Crippen molar-refractivity contribution in [3.63, 3.8) is 0 Å². The normalized spacial score (nSPS) is 19.6. The number of aromatic nitrogens is 1. The summed E-state index contributed by atoms with van der Waals surface area (Å²) in [7, 11) is 0. The molecule has 144 valence electrons. The molecule has 0 saturated heterocycles. The van der Waals surface area contributed by atoms with Crippen LogP contribution in [0.2, 0.25) is 0 Å². The SMILES string of the molecule is Cc1cc(SCC(=O)OCC(=O)NC2CCC(C)CC2)nc2ccccc12. The molecule has 0 atom stereocenters. The Bertz CT molecular complexity index is 816. The molecule has 3 rings (SSSR count). The maximum Gasteiger partial charge on any atom is 0.316 e. The minimum Gasteiger partial charge on any atom is -0.455 e. The Hall–Kier alpha value is -2.08. The predicted molar refractivity (Wildman–Crippen MR) is 108 cm³/mol. The molecule has 1 saturated carbocycles. The standard InChI is InChI=1S/C21H26N2O3S/c1-14-7-9-16(10-8-14)22-19(24)12-26-21(25)13-27-20-11-15(2)17-5-3-4-6-18(17)23-20/h3-6,11,14,16H,7-10,12-13H2,1-2H3,(H,22,24). The molecule has 2 aromatic rings. The van der Waals surface area contributed by atoms with E-state index in [1.807, 2.05) is 37.3 Å². The number of esters is 1. The van der Waals surface area contributed by atoms with E-state index in [4.69, 9.17) is 4.74 Å². The summed E-state index contributed by atoms with van der Waals surface area (Å²) >= 11 is 1.33. The van der Waals surface area contributed by atoms with Gasteiger partial charge in [0.1, 0.15) is 0 Å². The first kappa shape index (κ1) is 19.7. The zero-order chi connectivity index (χ0) is 19.2. The third-order valence-corrected chi connectivity index (χ3v) is 5.87. The Morgan fingerprint density at radius 1 is 1.22 bits per heavy atom. The Balaban J connectivity index is 1.42. The summed E-state index contributed by atoms with van der Waals surface area (Å²) in [6.45, 7) is 4.06. The van der Waals surface area contributed by atoms with Crippen molar-refractivity contribution < 1.29 is 14.3 Å². The monoisotopic (exact) mass is 386 g/mol. The largest absolute Gasteiger partial charge is 0.455 e. The van der Waals surface area contributed by atoms with Crippen LogP contribution >= 0.6 is 11.8 Å². The molecule has 0 radical (unpaired) electrons. The highest BCUT2D eigenvalue weighted by atomic mass is 32.2. The highest BCUT2D eigenvalue weighted by Gasteiger charge is 2.20. The van der Waals surface area contributed by atoms with E-state index in [0.717, 1.165) is 53.1 Å². The van der Waals surface area contributed by atoms with Crippen LogP contribution in [0.5, 0.6) is 0 Å². The van der Waals surface area contributed by atoms with Crippen LogP contribution < -0.4 is 5.32 Å². The first-order valence-electron chi connectivity index (χ1n) is 9.45. The van der Waals surface area contributed by atoms with Gasteiger partial charge in [-0.1, -0.05) is 36.9 Å². The second-order valence-corrected chi connectivity index (χ2v) is 8.26. The van der Waals surface area contributed by atoms with Crippen molar-refractivity contribution in [3.8, 4) is 0 Å². The molecule has 0 unspecified atom stereocenters. The Morgan fingerprint density at radius 2 is 1.96 bits per heavy atom. The maximum atomic E-state index is 12.0. The van der Waals surface area contributed by atoms with Crippen molar-refractivity contribution in [2.45, 2.75) is 50.6 Å². The third kappa shape index (κ3) is 5.70. The van der Waals surface area contributed by atoms with Crippen LogP contribution in [0.3, 0.4) is 0 Å². The summed E-state index contributed by atoms with van der Waals surface area (Å²) in [5.41, 5.74) is 2.03. The minimum absolute atomic E-state index is 0.138. The first-order chi connectivity index (χ1) is 13.0. The third-order valence-electron chi connectivity index (χ3n) is 4.98. The number of aryl methyl sites for hydroxylation is 1.